The normalized spacial score (nSPS) is 54.2. The van der Waals surface area contributed by atoms with Crippen LogP contribution in [-0.4, -0.2) is 35.5 Å². The predicted molar refractivity (Wildman–Crippen MR) is 110 cm³/mol. The summed E-state index contributed by atoms with van der Waals surface area (Å²) in [7, 11) is 0. The molecule has 5 aliphatic rings. The zero-order valence-electron chi connectivity index (χ0n) is 17.1. The van der Waals surface area contributed by atoms with E-state index in [0.29, 0.717) is 16.7 Å². The first-order chi connectivity index (χ1) is 12.9. The molecule has 1 N–H and O–H groups in total. The number of hydrogen-bond donors (Lipinski definition) is 1. The molecule has 4 heteroatoms. The second-order valence-corrected chi connectivity index (χ2v) is 11.5. The fourth-order valence-electron chi connectivity index (χ4n) is 8.80. The maximum absolute atomic E-state index is 10.2. The first-order valence-electron chi connectivity index (χ1n) is 11.4. The van der Waals surface area contributed by atoms with Gasteiger partial charge in [-0.3, -0.25) is 0 Å². The molecule has 4 aliphatic carbocycles. The highest BCUT2D eigenvalue weighted by Gasteiger charge is 2.64. The van der Waals surface area contributed by atoms with Crippen molar-refractivity contribution in [1.29, 1.82) is 0 Å². The van der Waals surface area contributed by atoms with Gasteiger partial charge in [0.15, 0.2) is 5.79 Å². The van der Waals surface area contributed by atoms with Crippen LogP contribution in [-0.2, 0) is 9.47 Å². The number of fused-ring (bicyclic) bond motifs is 5. The minimum atomic E-state index is -0.383. The average molecular weight is 441 g/mol. The van der Waals surface area contributed by atoms with Crippen LogP contribution in [0.15, 0.2) is 0 Å². The Hall–Kier alpha value is 0.360. The van der Waals surface area contributed by atoms with Gasteiger partial charge in [0.1, 0.15) is 0 Å². The molecule has 1 aliphatic heterocycles. The Bertz CT molecular complexity index is 576. The maximum Gasteiger partial charge on any atom is 0.181 e. The minimum absolute atomic E-state index is 0.0419. The second-order valence-electron chi connectivity index (χ2n) is 10.9. The zero-order chi connectivity index (χ0) is 18.9. The van der Waals surface area contributed by atoms with Gasteiger partial charge in [-0.2, -0.15) is 0 Å². The third kappa shape index (κ3) is 2.68. The second kappa shape index (κ2) is 6.68. The van der Waals surface area contributed by atoms with E-state index in [4.69, 9.17) is 9.47 Å². The van der Waals surface area contributed by atoms with Crippen LogP contribution in [0.3, 0.4) is 0 Å². The molecule has 0 aromatic carbocycles. The Morgan fingerprint density at radius 1 is 0.889 bits per heavy atom. The third-order valence-corrected chi connectivity index (χ3v) is 10.9. The van der Waals surface area contributed by atoms with Crippen molar-refractivity contribution in [1.82, 2.24) is 0 Å². The van der Waals surface area contributed by atoms with E-state index < -0.39 is 0 Å². The van der Waals surface area contributed by atoms with E-state index in [-0.39, 0.29) is 11.9 Å². The number of hydrogen-bond acceptors (Lipinski definition) is 3. The van der Waals surface area contributed by atoms with E-state index in [0.717, 1.165) is 55.1 Å². The van der Waals surface area contributed by atoms with Crippen molar-refractivity contribution in [3.05, 3.63) is 0 Å². The zero-order valence-corrected chi connectivity index (χ0v) is 18.7. The Kier molecular flexibility index (Phi) is 4.79. The summed E-state index contributed by atoms with van der Waals surface area (Å²) < 4.78 is 12.5. The summed E-state index contributed by atoms with van der Waals surface area (Å²) in [5, 5.41) is 11.0. The molecule has 154 valence electrons. The van der Waals surface area contributed by atoms with Crippen molar-refractivity contribution in [2.45, 2.75) is 83.5 Å². The highest BCUT2D eigenvalue weighted by atomic mass is 79.9. The van der Waals surface area contributed by atoms with E-state index in [9.17, 15) is 5.11 Å². The van der Waals surface area contributed by atoms with Gasteiger partial charge in [-0.1, -0.05) is 29.8 Å². The van der Waals surface area contributed by atoms with Crippen molar-refractivity contribution in [3.8, 4) is 0 Å². The summed E-state index contributed by atoms with van der Waals surface area (Å²) in [4.78, 5) is 0. The Balaban J connectivity index is 1.42. The fraction of sp³-hybridized carbons (Fsp3) is 1.00. The van der Waals surface area contributed by atoms with E-state index in [1.54, 1.807) is 0 Å². The minimum Gasteiger partial charge on any atom is -0.393 e. The molecular weight excluding hydrogens is 404 g/mol. The van der Waals surface area contributed by atoms with Gasteiger partial charge >= 0.3 is 0 Å². The molecular formula is C23H37BrO3. The number of alkyl halides is 1. The number of ether oxygens (including phenoxy) is 2. The smallest absolute Gasteiger partial charge is 0.181 e. The lowest BCUT2D eigenvalue weighted by atomic mass is 9.44. The number of aliphatic hydroxyl groups is 1. The lowest BCUT2D eigenvalue weighted by Crippen LogP contribution is -2.56. The van der Waals surface area contributed by atoms with Crippen molar-refractivity contribution in [2.75, 3.05) is 18.5 Å². The van der Waals surface area contributed by atoms with Crippen LogP contribution < -0.4 is 0 Å². The summed E-state index contributed by atoms with van der Waals surface area (Å²) in [6.45, 7) is 6.65. The molecule has 8 atom stereocenters. The largest absolute Gasteiger partial charge is 0.393 e. The van der Waals surface area contributed by atoms with Gasteiger partial charge in [-0.15, -0.1) is 0 Å². The summed E-state index contributed by atoms with van der Waals surface area (Å²) in [6, 6.07) is 0. The molecule has 1 saturated heterocycles. The molecule has 0 amide bonds. The van der Waals surface area contributed by atoms with E-state index >= 15 is 0 Å². The Morgan fingerprint density at radius 2 is 1.59 bits per heavy atom. The molecule has 0 bridgehead atoms. The van der Waals surface area contributed by atoms with Gasteiger partial charge in [0.2, 0.25) is 0 Å². The van der Waals surface area contributed by atoms with Gasteiger partial charge < -0.3 is 14.6 Å². The third-order valence-electron chi connectivity index (χ3n) is 10.1. The van der Waals surface area contributed by atoms with Gasteiger partial charge in [0, 0.05) is 5.92 Å². The summed E-state index contributed by atoms with van der Waals surface area (Å²) in [5.74, 6) is 3.46. The molecule has 0 spiro atoms. The van der Waals surface area contributed by atoms with E-state index in [2.05, 4.69) is 29.8 Å². The van der Waals surface area contributed by atoms with Crippen LogP contribution in [0.4, 0.5) is 0 Å². The van der Waals surface area contributed by atoms with Crippen LogP contribution in [0, 0.1) is 40.4 Å². The van der Waals surface area contributed by atoms with Crippen LogP contribution in [0.2, 0.25) is 0 Å². The molecule has 27 heavy (non-hydrogen) atoms. The lowest BCUT2D eigenvalue weighted by molar-refractivity contribution is -0.214. The van der Waals surface area contributed by atoms with Crippen LogP contribution >= 0.6 is 15.9 Å². The first-order valence-corrected chi connectivity index (χ1v) is 12.6. The molecule has 0 unspecified atom stereocenters. The average Bonchev–Trinajstić information content (AvgIpc) is 3.27. The van der Waals surface area contributed by atoms with Crippen molar-refractivity contribution >= 4 is 15.9 Å². The van der Waals surface area contributed by atoms with Gasteiger partial charge in [-0.25, -0.2) is 0 Å². The van der Waals surface area contributed by atoms with Gasteiger partial charge in [0.25, 0.3) is 0 Å². The summed E-state index contributed by atoms with van der Waals surface area (Å²) in [6.07, 6.45) is 11.3. The monoisotopic (exact) mass is 440 g/mol. The van der Waals surface area contributed by atoms with Crippen molar-refractivity contribution < 1.29 is 14.6 Å². The predicted octanol–water partition coefficient (Wildman–Crippen LogP) is 5.14. The summed E-state index contributed by atoms with van der Waals surface area (Å²) >= 11 is 3.74. The summed E-state index contributed by atoms with van der Waals surface area (Å²) in [5.41, 5.74) is 0.825. The Morgan fingerprint density at radius 3 is 2.33 bits per heavy atom. The molecule has 0 aromatic rings. The van der Waals surface area contributed by atoms with Crippen LogP contribution in [0.25, 0.3) is 0 Å². The van der Waals surface area contributed by atoms with Crippen LogP contribution in [0.5, 0.6) is 0 Å². The Labute approximate surface area is 173 Å². The molecule has 0 aromatic heterocycles. The van der Waals surface area contributed by atoms with Crippen molar-refractivity contribution in [3.63, 3.8) is 0 Å². The number of rotatable bonds is 2. The van der Waals surface area contributed by atoms with E-state index in [1.165, 1.54) is 44.9 Å². The maximum atomic E-state index is 10.2. The van der Waals surface area contributed by atoms with Gasteiger partial charge in [0.05, 0.1) is 24.6 Å². The molecule has 3 nitrogen and oxygen atoms in total. The topological polar surface area (TPSA) is 38.7 Å². The number of halogens is 1. The quantitative estimate of drug-likeness (QED) is 0.603. The molecule has 4 saturated carbocycles. The molecule has 5 fully saturated rings. The fourth-order valence-corrected chi connectivity index (χ4v) is 9.51. The molecule has 5 rings (SSSR count). The van der Waals surface area contributed by atoms with E-state index in [1.807, 2.05) is 0 Å². The van der Waals surface area contributed by atoms with Crippen LogP contribution in [0.1, 0.15) is 71.6 Å². The SMILES string of the molecule is C[C@@]12CC[C@H]3[C@@H](CC[C@H]4C[C@H](O)CC[C@]43C)[C@H]1CC[C@@H]2C1(CBr)OCCO1. The number of aliphatic hydroxyl groups excluding tert-OH is 1. The molecule has 0 radical (unpaired) electrons. The highest BCUT2D eigenvalue weighted by molar-refractivity contribution is 9.09. The lowest BCUT2D eigenvalue weighted by Gasteiger charge is -2.61. The van der Waals surface area contributed by atoms with Crippen molar-refractivity contribution in [2.24, 2.45) is 40.4 Å². The standard InChI is InChI=1S/C23H37BrO3/c1-21-9-7-16(25)13-15(21)3-4-17-18-5-6-20(22(18,2)10-8-19(17)21)23(14-24)26-11-12-27-23/h15-20,25H,3-14H2,1-2H3/t15-,16+,17-,18+,19-,20-,21+,22+/m0/s1. The first kappa shape index (κ1) is 19.3. The molecule has 1 heterocycles. The van der Waals surface area contributed by atoms with Gasteiger partial charge in [-0.05, 0) is 92.3 Å². The highest BCUT2D eigenvalue weighted by Crippen LogP contribution is 2.69.